The lowest BCUT2D eigenvalue weighted by molar-refractivity contribution is -0.130. The number of rotatable bonds is 8. The van der Waals surface area contributed by atoms with Gasteiger partial charge in [0.1, 0.15) is 12.4 Å². The second-order valence-corrected chi connectivity index (χ2v) is 8.24. The van der Waals surface area contributed by atoms with Gasteiger partial charge in [0.25, 0.3) is 5.91 Å². The van der Waals surface area contributed by atoms with E-state index in [1.807, 2.05) is 78.9 Å². The van der Waals surface area contributed by atoms with Crippen LogP contribution in [0, 0.1) is 0 Å². The van der Waals surface area contributed by atoms with E-state index in [2.05, 4.69) is 0 Å². The normalized spacial score (nSPS) is 15.5. The van der Waals surface area contributed by atoms with Crippen LogP contribution in [0.2, 0.25) is 0 Å². The first-order chi connectivity index (χ1) is 17.1. The molecule has 1 aromatic heterocycles. The van der Waals surface area contributed by atoms with E-state index >= 15 is 0 Å². The molecule has 1 unspecified atom stereocenters. The van der Waals surface area contributed by atoms with Gasteiger partial charge < -0.3 is 19.2 Å². The van der Waals surface area contributed by atoms with Gasteiger partial charge in [0.05, 0.1) is 17.9 Å². The minimum atomic E-state index is -0.805. The van der Waals surface area contributed by atoms with Gasteiger partial charge in [-0.05, 0) is 41.0 Å². The average molecular weight is 466 g/mol. The van der Waals surface area contributed by atoms with Crippen molar-refractivity contribution in [3.8, 4) is 5.75 Å². The highest BCUT2D eigenvalue weighted by molar-refractivity contribution is 6.15. The summed E-state index contributed by atoms with van der Waals surface area (Å²) in [4.78, 5) is 28.0. The van der Waals surface area contributed by atoms with Crippen molar-refractivity contribution in [2.45, 2.75) is 19.2 Å². The molecule has 0 fully saturated rings. The first kappa shape index (κ1) is 22.2. The van der Waals surface area contributed by atoms with Gasteiger partial charge in [-0.3, -0.25) is 9.59 Å². The number of amides is 1. The summed E-state index contributed by atoms with van der Waals surface area (Å²) in [7, 11) is 0. The molecule has 0 radical (unpaired) electrons. The number of Topliss-reactive ketones (excluding diaryl/α,β-unsaturated/α-hetero) is 1. The summed E-state index contributed by atoms with van der Waals surface area (Å²) < 4.78 is 11.3. The molecule has 5 rings (SSSR count). The van der Waals surface area contributed by atoms with E-state index in [9.17, 15) is 14.7 Å². The van der Waals surface area contributed by atoms with E-state index < -0.39 is 23.5 Å². The summed E-state index contributed by atoms with van der Waals surface area (Å²) in [6.45, 7) is 0.597. The molecule has 6 nitrogen and oxygen atoms in total. The molecule has 1 aliphatic rings. The zero-order valence-electron chi connectivity index (χ0n) is 18.8. The molecule has 2 heterocycles. The zero-order valence-corrected chi connectivity index (χ0v) is 18.8. The third-order valence-corrected chi connectivity index (χ3v) is 5.91. The maximum Gasteiger partial charge on any atom is 0.290 e. The number of hydrogen-bond acceptors (Lipinski definition) is 5. The van der Waals surface area contributed by atoms with Gasteiger partial charge in [-0.15, -0.1) is 0 Å². The molecule has 0 aliphatic carbocycles. The van der Waals surface area contributed by atoms with Crippen LogP contribution in [0.4, 0.5) is 0 Å². The van der Waals surface area contributed by atoms with Crippen LogP contribution in [0.15, 0.2) is 119 Å². The average Bonchev–Trinajstić information content (AvgIpc) is 3.52. The molecule has 1 aliphatic heterocycles. The van der Waals surface area contributed by atoms with Crippen molar-refractivity contribution in [1.29, 1.82) is 0 Å². The smallest absolute Gasteiger partial charge is 0.290 e. The van der Waals surface area contributed by atoms with Gasteiger partial charge in [0.2, 0.25) is 5.78 Å². The number of furan rings is 1. The monoisotopic (exact) mass is 465 g/mol. The van der Waals surface area contributed by atoms with Crippen LogP contribution in [0.25, 0.3) is 0 Å². The lowest BCUT2D eigenvalue weighted by Crippen LogP contribution is -2.30. The number of ketones is 1. The summed E-state index contributed by atoms with van der Waals surface area (Å²) in [6.07, 6.45) is 1.39. The fraction of sp³-hybridized carbons (Fsp3) is 0.103. The minimum Gasteiger partial charge on any atom is -0.503 e. The molecule has 1 amide bonds. The van der Waals surface area contributed by atoms with Crippen molar-refractivity contribution < 1.29 is 23.8 Å². The summed E-state index contributed by atoms with van der Waals surface area (Å²) in [5.41, 5.74) is 2.53. The second-order valence-electron chi connectivity index (χ2n) is 8.24. The fourth-order valence-corrected chi connectivity index (χ4v) is 4.23. The molecule has 6 heteroatoms. The zero-order chi connectivity index (χ0) is 24.2. The molecule has 0 spiro atoms. The Balaban J connectivity index is 1.51. The number of hydrogen-bond donors (Lipinski definition) is 1. The van der Waals surface area contributed by atoms with E-state index in [1.54, 1.807) is 12.1 Å². The van der Waals surface area contributed by atoms with E-state index in [-0.39, 0.29) is 17.9 Å². The van der Waals surface area contributed by atoms with E-state index in [0.717, 1.165) is 11.1 Å². The van der Waals surface area contributed by atoms with Crippen molar-refractivity contribution in [3.05, 3.63) is 137 Å². The van der Waals surface area contributed by atoms with Crippen molar-refractivity contribution >= 4 is 11.7 Å². The Hall–Kier alpha value is -4.58. The lowest BCUT2D eigenvalue weighted by Gasteiger charge is -2.27. The maximum atomic E-state index is 13.3. The molecular formula is C29H23NO5. The quantitative estimate of drug-likeness (QED) is 0.341. The predicted molar refractivity (Wildman–Crippen MR) is 130 cm³/mol. The molecule has 0 saturated heterocycles. The molecule has 4 aromatic rings. The molecule has 3 aromatic carbocycles. The number of nitrogens with zero attached hydrogens (tertiary/aromatic N) is 1. The molecule has 174 valence electrons. The minimum absolute atomic E-state index is 0.0129. The maximum absolute atomic E-state index is 13.3. The standard InChI is InChI=1S/C29H23NO5/c31-27(24-15-8-16-34-24)25-26(30(29(33)28(25)32)18-20-9-3-1-4-10-20)22-13-7-14-23(17-22)35-19-21-11-5-2-6-12-21/h1-17,26,32H,18-19H2. The van der Waals surface area contributed by atoms with Crippen LogP contribution in [0.1, 0.15) is 33.3 Å². The number of ether oxygens (including phenoxy) is 1. The molecule has 35 heavy (non-hydrogen) atoms. The number of carbonyl (C=O) groups excluding carboxylic acids is 2. The Labute approximate surface area is 202 Å². The highest BCUT2D eigenvalue weighted by atomic mass is 16.5. The largest absolute Gasteiger partial charge is 0.503 e. The topological polar surface area (TPSA) is 80.0 Å². The Morgan fingerprint density at radius 3 is 2.29 bits per heavy atom. The summed E-state index contributed by atoms with van der Waals surface area (Å²) >= 11 is 0. The number of benzene rings is 3. The summed E-state index contributed by atoms with van der Waals surface area (Å²) in [5.74, 6) is -1.05. The molecular weight excluding hydrogens is 442 g/mol. The van der Waals surface area contributed by atoms with Gasteiger partial charge in [-0.2, -0.15) is 0 Å². The number of aliphatic hydroxyl groups excluding tert-OH is 1. The van der Waals surface area contributed by atoms with Gasteiger partial charge in [-0.25, -0.2) is 0 Å². The SMILES string of the molecule is O=C(C1=C(O)C(=O)N(Cc2ccccc2)C1c1cccc(OCc2ccccc2)c1)c1ccco1. The van der Waals surface area contributed by atoms with E-state index in [4.69, 9.17) is 9.15 Å². The summed E-state index contributed by atoms with van der Waals surface area (Å²) in [5, 5.41) is 10.8. The number of aliphatic hydroxyl groups is 1. The molecule has 0 saturated carbocycles. The number of carbonyl (C=O) groups is 2. The lowest BCUT2D eigenvalue weighted by atomic mass is 9.94. The van der Waals surface area contributed by atoms with Crippen molar-refractivity contribution in [3.63, 3.8) is 0 Å². The van der Waals surface area contributed by atoms with Crippen LogP contribution >= 0.6 is 0 Å². The first-order valence-electron chi connectivity index (χ1n) is 11.2. The third-order valence-electron chi connectivity index (χ3n) is 5.91. The Kier molecular flexibility index (Phi) is 6.18. The van der Waals surface area contributed by atoms with Crippen LogP contribution in [0.3, 0.4) is 0 Å². The molecule has 0 bridgehead atoms. The first-order valence-corrected chi connectivity index (χ1v) is 11.2. The molecule has 1 N–H and O–H groups in total. The van der Waals surface area contributed by atoms with Gasteiger partial charge in [0, 0.05) is 6.54 Å². The van der Waals surface area contributed by atoms with Crippen LogP contribution in [0.5, 0.6) is 5.75 Å². The Morgan fingerprint density at radius 1 is 0.886 bits per heavy atom. The highest BCUT2D eigenvalue weighted by Crippen LogP contribution is 2.40. The van der Waals surface area contributed by atoms with Crippen LogP contribution in [-0.2, 0) is 17.9 Å². The van der Waals surface area contributed by atoms with E-state index in [1.165, 1.54) is 17.2 Å². The van der Waals surface area contributed by atoms with Crippen molar-refractivity contribution in [2.75, 3.05) is 0 Å². The van der Waals surface area contributed by atoms with Crippen LogP contribution in [-0.4, -0.2) is 21.7 Å². The van der Waals surface area contributed by atoms with Crippen LogP contribution < -0.4 is 4.74 Å². The summed E-state index contributed by atoms with van der Waals surface area (Å²) in [6, 6.07) is 28.8. The molecule has 1 atom stereocenters. The fourth-order valence-electron chi connectivity index (χ4n) is 4.23. The van der Waals surface area contributed by atoms with Crippen molar-refractivity contribution in [1.82, 2.24) is 4.90 Å². The second kappa shape index (κ2) is 9.73. The van der Waals surface area contributed by atoms with Crippen molar-refractivity contribution in [2.24, 2.45) is 0 Å². The third kappa shape index (κ3) is 4.59. The van der Waals surface area contributed by atoms with Gasteiger partial charge in [0.15, 0.2) is 11.5 Å². The predicted octanol–water partition coefficient (Wildman–Crippen LogP) is 5.64. The van der Waals surface area contributed by atoms with Gasteiger partial charge in [-0.1, -0.05) is 72.8 Å². The van der Waals surface area contributed by atoms with Gasteiger partial charge >= 0.3 is 0 Å². The Morgan fingerprint density at radius 2 is 1.60 bits per heavy atom. The highest BCUT2D eigenvalue weighted by Gasteiger charge is 2.44. The Bertz CT molecular complexity index is 1360. The van der Waals surface area contributed by atoms with E-state index in [0.29, 0.717) is 17.9 Å².